The molecule has 4 heterocycles. The molecule has 8 nitrogen and oxygen atoms in total. The molecule has 0 aliphatic carbocycles. The number of nitrogens with zero attached hydrogens (tertiary/aromatic N) is 2. The summed E-state index contributed by atoms with van der Waals surface area (Å²) >= 11 is 0. The number of halogens is 4. The van der Waals surface area contributed by atoms with Gasteiger partial charge in [-0.15, -0.1) is 12.4 Å². The highest BCUT2D eigenvalue weighted by atomic mass is 35.5. The molecule has 1 aromatic carbocycles. The van der Waals surface area contributed by atoms with Gasteiger partial charge in [0.05, 0.1) is 37.1 Å². The maximum Gasteiger partial charge on any atom is 0.333 e. The number of fused-ring (bicyclic) bond motifs is 1. The fourth-order valence-corrected chi connectivity index (χ4v) is 4.55. The van der Waals surface area contributed by atoms with Crippen molar-refractivity contribution in [1.82, 2.24) is 10.2 Å². The van der Waals surface area contributed by atoms with E-state index >= 15 is 4.39 Å². The van der Waals surface area contributed by atoms with Crippen LogP contribution in [-0.4, -0.2) is 60.3 Å². The van der Waals surface area contributed by atoms with Crippen molar-refractivity contribution in [2.24, 2.45) is 5.73 Å². The van der Waals surface area contributed by atoms with E-state index in [0.717, 1.165) is 6.07 Å². The Hall–Kier alpha value is -2.73. The van der Waals surface area contributed by atoms with Crippen LogP contribution in [0.25, 0.3) is 0 Å². The molecule has 1 spiro atoms. The molecule has 2 atom stereocenters. The van der Waals surface area contributed by atoms with Gasteiger partial charge in [-0.2, -0.15) is 0 Å². The average molecular weight is 487 g/mol. The standard InChI is InChI=1S/C21H21F3N4O4.ClH/c22-13-1-2-16(14(23)7-13)28-8-12(20(29)30)5-11-6-15(24)19(26-18(11)28)27-9-17(25)21(10-27)31-3-4-32-21;/h1-2,6-8,17-18,26H,3-5,9-10,25H2,(H,29,30);1H. The van der Waals surface area contributed by atoms with Crippen LogP contribution in [0.4, 0.5) is 18.9 Å². The van der Waals surface area contributed by atoms with Gasteiger partial charge in [0.1, 0.15) is 23.6 Å². The normalized spacial score (nSPS) is 25.9. The average Bonchev–Trinajstić information content (AvgIpc) is 3.34. The molecular weight excluding hydrogens is 465 g/mol. The van der Waals surface area contributed by atoms with Crippen molar-refractivity contribution < 1.29 is 32.5 Å². The summed E-state index contributed by atoms with van der Waals surface area (Å²) in [5.74, 6) is -4.37. The lowest BCUT2D eigenvalue weighted by molar-refractivity contribution is -0.153. The van der Waals surface area contributed by atoms with Gasteiger partial charge in [-0.25, -0.2) is 18.0 Å². The number of carboxylic acid groups (broad SMARTS) is 1. The van der Waals surface area contributed by atoms with Crippen LogP contribution in [0.5, 0.6) is 0 Å². The molecule has 12 heteroatoms. The zero-order valence-corrected chi connectivity index (χ0v) is 18.1. The van der Waals surface area contributed by atoms with Crippen LogP contribution in [0, 0.1) is 11.6 Å². The second kappa shape index (κ2) is 8.56. The maximum absolute atomic E-state index is 15.1. The summed E-state index contributed by atoms with van der Waals surface area (Å²) in [6, 6.07) is 2.48. The Labute approximate surface area is 193 Å². The Morgan fingerprint density at radius 2 is 1.97 bits per heavy atom. The first-order valence-electron chi connectivity index (χ1n) is 10.1. The third-order valence-corrected chi connectivity index (χ3v) is 6.08. The molecule has 2 saturated heterocycles. The summed E-state index contributed by atoms with van der Waals surface area (Å²) in [6.07, 6.45) is 1.69. The van der Waals surface area contributed by atoms with Crippen molar-refractivity contribution in [2.45, 2.75) is 24.4 Å². The number of nitrogens with two attached hydrogens (primary N) is 1. The number of nitrogens with one attached hydrogen (secondary N) is 1. The molecule has 4 aliphatic rings. The number of carbonyl (C=O) groups is 1. The predicted octanol–water partition coefficient (Wildman–Crippen LogP) is 1.95. The van der Waals surface area contributed by atoms with Crippen molar-refractivity contribution >= 4 is 24.1 Å². The lowest BCUT2D eigenvalue weighted by Crippen LogP contribution is -2.52. The van der Waals surface area contributed by atoms with Crippen LogP contribution in [0.15, 0.2) is 53.3 Å². The number of hydrogen-bond acceptors (Lipinski definition) is 7. The van der Waals surface area contributed by atoms with E-state index in [9.17, 15) is 18.7 Å². The van der Waals surface area contributed by atoms with Crippen LogP contribution in [-0.2, 0) is 14.3 Å². The van der Waals surface area contributed by atoms with Crippen molar-refractivity contribution in [2.75, 3.05) is 31.2 Å². The van der Waals surface area contributed by atoms with Gasteiger partial charge < -0.3 is 35.4 Å². The number of aliphatic carboxylic acids is 1. The number of dihydropyridines is 1. The van der Waals surface area contributed by atoms with E-state index < -0.39 is 41.4 Å². The summed E-state index contributed by atoms with van der Waals surface area (Å²) in [5, 5.41) is 12.5. The van der Waals surface area contributed by atoms with Crippen molar-refractivity contribution in [3.63, 3.8) is 0 Å². The number of likely N-dealkylation sites (tertiary alicyclic amines) is 1. The number of allylic oxidation sites excluding steroid dienone is 2. The minimum Gasteiger partial charge on any atom is -0.478 e. The highest BCUT2D eigenvalue weighted by Gasteiger charge is 2.51. The van der Waals surface area contributed by atoms with Gasteiger partial charge in [-0.05, 0) is 23.8 Å². The van der Waals surface area contributed by atoms with Crippen LogP contribution in [0.2, 0.25) is 0 Å². The number of hydrogen-bond donors (Lipinski definition) is 3. The number of rotatable bonds is 3. The summed E-state index contributed by atoms with van der Waals surface area (Å²) < 4.78 is 54.6. The van der Waals surface area contributed by atoms with Crippen molar-refractivity contribution in [1.29, 1.82) is 0 Å². The predicted molar refractivity (Wildman–Crippen MR) is 114 cm³/mol. The van der Waals surface area contributed by atoms with Gasteiger partial charge in [0, 0.05) is 25.2 Å². The second-order valence-electron chi connectivity index (χ2n) is 8.10. The van der Waals surface area contributed by atoms with E-state index in [4.69, 9.17) is 15.2 Å². The molecule has 178 valence electrons. The fraction of sp³-hybridized carbons (Fsp3) is 0.381. The first kappa shape index (κ1) is 23.4. The quantitative estimate of drug-likeness (QED) is 0.596. The van der Waals surface area contributed by atoms with Crippen molar-refractivity contribution in [3.05, 3.63) is 64.9 Å². The molecule has 0 amide bonds. The zero-order chi connectivity index (χ0) is 22.6. The number of carboxylic acids is 1. The summed E-state index contributed by atoms with van der Waals surface area (Å²) in [6.45, 7) is 1.24. The van der Waals surface area contributed by atoms with Gasteiger partial charge in [0.2, 0.25) is 5.79 Å². The fourth-order valence-electron chi connectivity index (χ4n) is 4.55. The lowest BCUT2D eigenvalue weighted by Gasteiger charge is -2.41. The number of ether oxygens (including phenoxy) is 2. The first-order valence-corrected chi connectivity index (χ1v) is 10.1. The third kappa shape index (κ3) is 3.95. The minimum atomic E-state index is -1.21. The highest BCUT2D eigenvalue weighted by Crippen LogP contribution is 2.38. The molecule has 4 N–H and O–H groups in total. The maximum atomic E-state index is 15.1. The van der Waals surface area contributed by atoms with E-state index in [2.05, 4.69) is 5.32 Å². The third-order valence-electron chi connectivity index (χ3n) is 6.08. The molecule has 0 saturated carbocycles. The molecule has 2 unspecified atom stereocenters. The monoisotopic (exact) mass is 486 g/mol. The molecular formula is C21H22ClF3N4O4. The Kier molecular flexibility index (Phi) is 6.08. The smallest absolute Gasteiger partial charge is 0.333 e. The minimum absolute atomic E-state index is 0. The number of anilines is 1. The van der Waals surface area contributed by atoms with Crippen LogP contribution < -0.4 is 16.0 Å². The molecule has 0 aromatic heterocycles. The van der Waals surface area contributed by atoms with E-state index in [0.29, 0.717) is 24.9 Å². The molecule has 33 heavy (non-hydrogen) atoms. The van der Waals surface area contributed by atoms with Gasteiger partial charge in [-0.1, -0.05) is 0 Å². The molecule has 2 fully saturated rings. The molecule has 5 rings (SSSR count). The Morgan fingerprint density at radius 1 is 1.24 bits per heavy atom. The van der Waals surface area contributed by atoms with Gasteiger partial charge in [0.25, 0.3) is 0 Å². The van der Waals surface area contributed by atoms with E-state index in [-0.39, 0.29) is 49.0 Å². The summed E-state index contributed by atoms with van der Waals surface area (Å²) in [4.78, 5) is 14.6. The van der Waals surface area contributed by atoms with Gasteiger partial charge >= 0.3 is 5.97 Å². The Bertz CT molecular complexity index is 1070. The Balaban J connectivity index is 0.00000259. The van der Waals surface area contributed by atoms with Crippen LogP contribution in [0.1, 0.15) is 6.42 Å². The summed E-state index contributed by atoms with van der Waals surface area (Å²) in [5.41, 5.74) is 6.49. The second-order valence-corrected chi connectivity index (χ2v) is 8.10. The summed E-state index contributed by atoms with van der Waals surface area (Å²) in [7, 11) is 0. The molecule has 1 aromatic rings. The van der Waals surface area contributed by atoms with Crippen molar-refractivity contribution in [3.8, 4) is 0 Å². The van der Waals surface area contributed by atoms with E-state index in [1.54, 1.807) is 4.90 Å². The topological polar surface area (TPSA) is 100 Å². The van der Waals surface area contributed by atoms with Gasteiger partial charge in [0.15, 0.2) is 5.83 Å². The Morgan fingerprint density at radius 3 is 2.64 bits per heavy atom. The highest BCUT2D eigenvalue weighted by molar-refractivity contribution is 5.88. The number of benzene rings is 1. The molecule has 0 bridgehead atoms. The van der Waals surface area contributed by atoms with Crippen LogP contribution >= 0.6 is 12.4 Å². The molecule has 4 aliphatic heterocycles. The SMILES string of the molecule is Cl.NC1CN(C2=C(F)C=C3CC(C(=O)O)=CN(c4ccc(F)cc4F)C3N2)CC12OCCO2. The molecule has 0 radical (unpaired) electrons. The lowest BCUT2D eigenvalue weighted by atomic mass is 9.95. The van der Waals surface area contributed by atoms with Crippen LogP contribution in [0.3, 0.4) is 0 Å². The first-order chi connectivity index (χ1) is 15.3. The van der Waals surface area contributed by atoms with E-state index in [1.165, 1.54) is 23.2 Å². The van der Waals surface area contributed by atoms with Gasteiger partial charge in [-0.3, -0.25) is 0 Å². The van der Waals surface area contributed by atoms with E-state index in [1.807, 2.05) is 0 Å². The zero-order valence-electron chi connectivity index (χ0n) is 17.3. The largest absolute Gasteiger partial charge is 0.478 e.